The molecule has 17 heavy (non-hydrogen) atoms. The van der Waals surface area contributed by atoms with Crippen molar-refractivity contribution in [2.75, 3.05) is 13.1 Å². The first-order chi connectivity index (χ1) is 7.75. The Hall–Kier alpha value is -1.79. The number of carboxylic acid groups (broad SMARTS) is 1. The van der Waals surface area contributed by atoms with Crippen LogP contribution in [0.5, 0.6) is 0 Å². The van der Waals surface area contributed by atoms with Crippen LogP contribution >= 0.6 is 0 Å². The molecule has 0 saturated carbocycles. The second-order valence-electron chi connectivity index (χ2n) is 4.35. The molecule has 0 rings (SSSR count). The lowest BCUT2D eigenvalue weighted by atomic mass is 9.93. The first-order valence-electron chi connectivity index (χ1n) is 5.29. The highest BCUT2D eigenvalue weighted by Crippen LogP contribution is 2.11. The minimum atomic E-state index is -0.901. The van der Waals surface area contributed by atoms with Gasteiger partial charge in [-0.25, -0.2) is 4.79 Å². The molecule has 0 fully saturated rings. The lowest BCUT2D eigenvalue weighted by Crippen LogP contribution is -2.45. The summed E-state index contributed by atoms with van der Waals surface area (Å²) >= 11 is 0. The van der Waals surface area contributed by atoms with Crippen LogP contribution in [0.3, 0.4) is 0 Å². The average molecular weight is 245 g/mol. The van der Waals surface area contributed by atoms with Crippen molar-refractivity contribution in [3.05, 3.63) is 0 Å². The molecule has 7 heteroatoms. The van der Waals surface area contributed by atoms with E-state index in [2.05, 4.69) is 10.6 Å². The van der Waals surface area contributed by atoms with Gasteiger partial charge in [-0.1, -0.05) is 0 Å². The monoisotopic (exact) mass is 245 g/mol. The maximum absolute atomic E-state index is 11.2. The summed E-state index contributed by atoms with van der Waals surface area (Å²) in [5.41, 5.74) is 4.33. The van der Waals surface area contributed by atoms with Crippen LogP contribution in [0.15, 0.2) is 0 Å². The van der Waals surface area contributed by atoms with Crippen LogP contribution in [0.2, 0.25) is 0 Å². The van der Waals surface area contributed by atoms with E-state index in [1.807, 2.05) is 0 Å². The van der Waals surface area contributed by atoms with E-state index in [1.165, 1.54) is 0 Å². The molecule has 3 amide bonds. The number of carboxylic acids is 1. The van der Waals surface area contributed by atoms with Gasteiger partial charge in [0.05, 0.1) is 5.41 Å². The van der Waals surface area contributed by atoms with Crippen LogP contribution in [0, 0.1) is 5.41 Å². The van der Waals surface area contributed by atoms with E-state index in [4.69, 9.17) is 10.8 Å². The Morgan fingerprint density at radius 1 is 1.24 bits per heavy atom. The van der Waals surface area contributed by atoms with Crippen LogP contribution in [0.25, 0.3) is 0 Å². The smallest absolute Gasteiger partial charge is 0.314 e. The van der Waals surface area contributed by atoms with E-state index in [0.717, 1.165) is 0 Å². The van der Waals surface area contributed by atoms with Crippen LogP contribution < -0.4 is 16.4 Å². The number of rotatable bonds is 7. The number of nitrogens with one attached hydrogen (secondary N) is 2. The van der Waals surface area contributed by atoms with Gasteiger partial charge in [0.15, 0.2) is 0 Å². The Bertz CT molecular complexity index is 302. The van der Waals surface area contributed by atoms with Gasteiger partial charge in [0.2, 0.25) is 5.91 Å². The molecule has 0 atom stereocenters. The zero-order valence-electron chi connectivity index (χ0n) is 10.1. The Balaban J connectivity index is 3.74. The second-order valence-corrected chi connectivity index (χ2v) is 4.35. The topological polar surface area (TPSA) is 122 Å². The second kappa shape index (κ2) is 6.72. The van der Waals surface area contributed by atoms with Crippen LogP contribution in [-0.4, -0.2) is 36.1 Å². The lowest BCUT2D eigenvalue weighted by molar-refractivity contribution is -0.137. The molecule has 5 N–H and O–H groups in total. The molecule has 0 aliphatic heterocycles. The summed E-state index contributed by atoms with van der Waals surface area (Å²) in [7, 11) is 0. The van der Waals surface area contributed by atoms with Crippen molar-refractivity contribution in [2.45, 2.75) is 26.7 Å². The Morgan fingerprint density at radius 2 is 1.82 bits per heavy atom. The standard InChI is InChI=1S/C10H19N3O4/c1-10(2,8(11)16)6-13-9(17)12-5-3-4-7(14)15/h3-6H2,1-2H3,(H2,11,16)(H,14,15)(H2,12,13,17). The van der Waals surface area contributed by atoms with Crippen molar-refractivity contribution in [3.63, 3.8) is 0 Å². The van der Waals surface area contributed by atoms with Gasteiger partial charge in [0, 0.05) is 19.5 Å². The Kier molecular flexibility index (Phi) is 6.01. The predicted octanol–water partition coefficient (Wildman–Crippen LogP) is -0.338. The number of carbonyl (C=O) groups excluding carboxylic acids is 2. The van der Waals surface area contributed by atoms with Gasteiger partial charge in [-0.3, -0.25) is 9.59 Å². The summed E-state index contributed by atoms with van der Waals surface area (Å²) in [5, 5.41) is 13.3. The summed E-state index contributed by atoms with van der Waals surface area (Å²) in [4.78, 5) is 32.4. The maximum Gasteiger partial charge on any atom is 0.314 e. The first-order valence-corrected chi connectivity index (χ1v) is 5.29. The summed E-state index contributed by atoms with van der Waals surface area (Å²) in [6.07, 6.45) is 0.370. The molecule has 0 aromatic rings. The van der Waals surface area contributed by atoms with Crippen molar-refractivity contribution in [2.24, 2.45) is 11.1 Å². The summed E-state index contributed by atoms with van der Waals surface area (Å²) < 4.78 is 0. The SMILES string of the molecule is CC(C)(CNC(=O)NCCCC(=O)O)C(N)=O. The number of nitrogens with two attached hydrogens (primary N) is 1. The highest BCUT2D eigenvalue weighted by Gasteiger charge is 2.25. The number of urea groups is 1. The molecular weight excluding hydrogens is 226 g/mol. The number of hydrogen-bond acceptors (Lipinski definition) is 3. The Labute approximate surface area is 99.7 Å². The van der Waals surface area contributed by atoms with Crippen LogP contribution in [0.1, 0.15) is 26.7 Å². The fraction of sp³-hybridized carbons (Fsp3) is 0.700. The molecule has 0 aromatic heterocycles. The highest BCUT2D eigenvalue weighted by atomic mass is 16.4. The molecule has 0 heterocycles. The van der Waals surface area contributed by atoms with Crippen molar-refractivity contribution >= 4 is 17.9 Å². The molecule has 0 unspecified atom stereocenters. The molecule has 98 valence electrons. The zero-order valence-corrected chi connectivity index (χ0v) is 10.1. The van der Waals surface area contributed by atoms with Gasteiger partial charge in [0.25, 0.3) is 0 Å². The zero-order chi connectivity index (χ0) is 13.5. The Morgan fingerprint density at radius 3 is 2.29 bits per heavy atom. The molecule has 7 nitrogen and oxygen atoms in total. The van der Waals surface area contributed by atoms with Gasteiger partial charge in [-0.2, -0.15) is 0 Å². The van der Waals surface area contributed by atoms with E-state index < -0.39 is 23.3 Å². The fourth-order valence-electron chi connectivity index (χ4n) is 0.892. The van der Waals surface area contributed by atoms with Gasteiger partial charge < -0.3 is 21.5 Å². The number of carbonyl (C=O) groups is 3. The molecule has 0 aliphatic carbocycles. The molecule has 0 spiro atoms. The third-order valence-corrected chi connectivity index (χ3v) is 2.21. The predicted molar refractivity (Wildman–Crippen MR) is 61.2 cm³/mol. The van der Waals surface area contributed by atoms with Crippen LogP contribution in [-0.2, 0) is 9.59 Å². The number of primary amides is 1. The molecular formula is C10H19N3O4. The van der Waals surface area contributed by atoms with Gasteiger partial charge in [0.1, 0.15) is 0 Å². The van der Waals surface area contributed by atoms with Crippen molar-refractivity contribution in [1.82, 2.24) is 10.6 Å². The number of hydrogen-bond donors (Lipinski definition) is 4. The van der Waals surface area contributed by atoms with Gasteiger partial charge >= 0.3 is 12.0 Å². The van der Waals surface area contributed by atoms with E-state index in [9.17, 15) is 14.4 Å². The quantitative estimate of drug-likeness (QED) is 0.458. The minimum absolute atomic E-state index is 0.00700. The highest BCUT2D eigenvalue weighted by molar-refractivity contribution is 5.81. The molecule has 0 saturated heterocycles. The van der Waals surface area contributed by atoms with E-state index in [0.29, 0.717) is 6.42 Å². The summed E-state index contributed by atoms with van der Waals surface area (Å²) in [6.45, 7) is 3.66. The van der Waals surface area contributed by atoms with Crippen molar-refractivity contribution < 1.29 is 19.5 Å². The van der Waals surface area contributed by atoms with E-state index in [1.54, 1.807) is 13.8 Å². The van der Waals surface area contributed by atoms with Gasteiger partial charge in [-0.05, 0) is 20.3 Å². The average Bonchev–Trinajstić information content (AvgIpc) is 2.21. The maximum atomic E-state index is 11.2. The first kappa shape index (κ1) is 15.2. The molecule has 0 aliphatic rings. The minimum Gasteiger partial charge on any atom is -0.481 e. The molecule has 0 radical (unpaired) electrons. The summed E-state index contributed by atoms with van der Waals surface area (Å²) in [6, 6.07) is -0.440. The van der Waals surface area contributed by atoms with Crippen LogP contribution in [0.4, 0.5) is 4.79 Å². The van der Waals surface area contributed by atoms with E-state index >= 15 is 0 Å². The normalized spacial score (nSPS) is 10.7. The molecule has 0 bridgehead atoms. The van der Waals surface area contributed by atoms with E-state index in [-0.39, 0.29) is 19.5 Å². The largest absolute Gasteiger partial charge is 0.481 e. The number of aliphatic carboxylic acids is 1. The third kappa shape index (κ3) is 7.15. The molecule has 0 aromatic carbocycles. The lowest BCUT2D eigenvalue weighted by Gasteiger charge is -2.20. The third-order valence-electron chi connectivity index (χ3n) is 2.21. The fourth-order valence-corrected chi connectivity index (χ4v) is 0.892. The van der Waals surface area contributed by atoms with Crippen molar-refractivity contribution in [1.29, 1.82) is 0 Å². The van der Waals surface area contributed by atoms with Gasteiger partial charge in [-0.15, -0.1) is 0 Å². The summed E-state index contributed by atoms with van der Waals surface area (Å²) in [5.74, 6) is -1.40. The number of amides is 3. The van der Waals surface area contributed by atoms with Crippen molar-refractivity contribution in [3.8, 4) is 0 Å².